The summed E-state index contributed by atoms with van der Waals surface area (Å²) in [6.07, 6.45) is 5.57. The summed E-state index contributed by atoms with van der Waals surface area (Å²) in [7, 11) is 0. The highest BCUT2D eigenvalue weighted by molar-refractivity contribution is 5.76. The zero-order valence-corrected chi connectivity index (χ0v) is 12.8. The standard InChI is InChI=1S/C16H21N5O/c1-2-14(22)17-16(11-7-4-8-12-16)15-18-19-20-21(15)13-9-5-3-6-10-13/h3,5-6,9-10H,2,4,7-8,11-12H2,1H3,(H,17,22). The number of nitrogens with one attached hydrogen (secondary N) is 1. The molecule has 1 aliphatic rings. The van der Waals surface area contributed by atoms with E-state index in [1.54, 1.807) is 4.68 Å². The van der Waals surface area contributed by atoms with Gasteiger partial charge in [-0.1, -0.05) is 44.4 Å². The highest BCUT2D eigenvalue weighted by Gasteiger charge is 2.40. The van der Waals surface area contributed by atoms with Gasteiger partial charge in [-0.2, -0.15) is 4.68 Å². The van der Waals surface area contributed by atoms with Gasteiger partial charge < -0.3 is 5.32 Å². The number of nitrogens with zero attached hydrogens (tertiary/aromatic N) is 4. The molecule has 1 aliphatic carbocycles. The third-order valence-electron chi connectivity index (χ3n) is 4.31. The summed E-state index contributed by atoms with van der Waals surface area (Å²) >= 11 is 0. The molecule has 6 heteroatoms. The van der Waals surface area contributed by atoms with Gasteiger partial charge in [0, 0.05) is 6.42 Å². The van der Waals surface area contributed by atoms with Crippen molar-refractivity contribution in [2.45, 2.75) is 51.0 Å². The summed E-state index contributed by atoms with van der Waals surface area (Å²) in [4.78, 5) is 12.0. The summed E-state index contributed by atoms with van der Waals surface area (Å²) < 4.78 is 1.75. The molecule has 2 aromatic rings. The van der Waals surface area contributed by atoms with Crippen molar-refractivity contribution in [3.8, 4) is 5.69 Å². The quantitative estimate of drug-likeness (QED) is 0.940. The lowest BCUT2D eigenvalue weighted by atomic mass is 9.80. The lowest BCUT2D eigenvalue weighted by Crippen LogP contribution is -2.48. The van der Waals surface area contributed by atoms with Crippen LogP contribution in [0.3, 0.4) is 0 Å². The first kappa shape index (κ1) is 14.7. The maximum atomic E-state index is 12.0. The predicted octanol–water partition coefficient (Wildman–Crippen LogP) is 2.35. The maximum absolute atomic E-state index is 12.0. The van der Waals surface area contributed by atoms with E-state index in [2.05, 4.69) is 20.8 Å². The molecule has 0 unspecified atom stereocenters. The van der Waals surface area contributed by atoms with Crippen LogP contribution in [0.5, 0.6) is 0 Å². The van der Waals surface area contributed by atoms with E-state index in [-0.39, 0.29) is 5.91 Å². The Hall–Kier alpha value is -2.24. The van der Waals surface area contributed by atoms with Gasteiger partial charge in [0.25, 0.3) is 0 Å². The molecule has 1 aromatic heterocycles. The van der Waals surface area contributed by atoms with E-state index in [0.717, 1.165) is 37.2 Å². The first-order valence-corrected chi connectivity index (χ1v) is 7.90. The van der Waals surface area contributed by atoms with Crippen molar-refractivity contribution in [1.82, 2.24) is 25.5 Å². The Morgan fingerprint density at radius 2 is 1.95 bits per heavy atom. The summed E-state index contributed by atoms with van der Waals surface area (Å²) in [6.45, 7) is 1.87. The van der Waals surface area contributed by atoms with Crippen LogP contribution < -0.4 is 5.32 Å². The fraction of sp³-hybridized carbons (Fsp3) is 0.500. The van der Waals surface area contributed by atoms with Gasteiger partial charge in [0.05, 0.1) is 5.69 Å². The van der Waals surface area contributed by atoms with Crippen LogP contribution in [0.2, 0.25) is 0 Å². The Morgan fingerprint density at radius 1 is 1.23 bits per heavy atom. The molecule has 0 aliphatic heterocycles. The van der Waals surface area contributed by atoms with Crippen LogP contribution in [0.15, 0.2) is 30.3 Å². The van der Waals surface area contributed by atoms with Crippen molar-refractivity contribution in [3.05, 3.63) is 36.2 Å². The summed E-state index contributed by atoms with van der Waals surface area (Å²) in [5, 5.41) is 15.5. The Bertz CT molecular complexity index is 631. The average Bonchev–Trinajstić information content (AvgIpc) is 3.07. The molecule has 0 spiro atoms. The Labute approximate surface area is 129 Å². The van der Waals surface area contributed by atoms with E-state index >= 15 is 0 Å². The molecule has 0 atom stereocenters. The molecule has 1 amide bonds. The summed E-state index contributed by atoms with van der Waals surface area (Å²) in [5.41, 5.74) is 0.461. The third-order valence-corrected chi connectivity index (χ3v) is 4.31. The van der Waals surface area contributed by atoms with Gasteiger partial charge in [0.15, 0.2) is 5.82 Å². The molecule has 6 nitrogen and oxygen atoms in total. The van der Waals surface area contributed by atoms with E-state index < -0.39 is 5.54 Å². The first-order chi connectivity index (χ1) is 10.7. The number of benzene rings is 1. The number of hydrogen-bond acceptors (Lipinski definition) is 4. The van der Waals surface area contributed by atoms with Gasteiger partial charge in [-0.3, -0.25) is 4.79 Å². The fourth-order valence-electron chi connectivity index (χ4n) is 3.14. The number of carbonyl (C=O) groups is 1. The Balaban J connectivity index is 2.02. The van der Waals surface area contributed by atoms with Crippen molar-refractivity contribution < 1.29 is 4.79 Å². The molecule has 116 valence electrons. The van der Waals surface area contributed by atoms with Crippen molar-refractivity contribution >= 4 is 5.91 Å². The molecular weight excluding hydrogens is 278 g/mol. The molecule has 1 saturated carbocycles. The van der Waals surface area contributed by atoms with E-state index in [1.807, 2.05) is 37.3 Å². The van der Waals surface area contributed by atoms with E-state index in [9.17, 15) is 4.79 Å². The minimum Gasteiger partial charge on any atom is -0.343 e. The number of para-hydroxylation sites is 1. The zero-order chi connectivity index (χ0) is 15.4. The van der Waals surface area contributed by atoms with Crippen LogP contribution in [0.1, 0.15) is 51.3 Å². The van der Waals surface area contributed by atoms with Crippen molar-refractivity contribution in [3.63, 3.8) is 0 Å². The van der Waals surface area contributed by atoms with Crippen LogP contribution in [-0.4, -0.2) is 26.1 Å². The molecule has 1 aromatic carbocycles. The smallest absolute Gasteiger partial charge is 0.220 e. The van der Waals surface area contributed by atoms with E-state index in [1.165, 1.54) is 6.42 Å². The summed E-state index contributed by atoms with van der Waals surface area (Å²) in [6, 6.07) is 9.82. The fourth-order valence-corrected chi connectivity index (χ4v) is 3.14. The van der Waals surface area contributed by atoms with Gasteiger partial charge in [-0.25, -0.2) is 0 Å². The lowest BCUT2D eigenvalue weighted by Gasteiger charge is -2.36. The van der Waals surface area contributed by atoms with Crippen LogP contribution in [0.25, 0.3) is 5.69 Å². The van der Waals surface area contributed by atoms with E-state index in [0.29, 0.717) is 6.42 Å². The van der Waals surface area contributed by atoms with Crippen LogP contribution in [-0.2, 0) is 10.3 Å². The molecule has 1 heterocycles. The molecular formula is C16H21N5O. The molecule has 0 saturated heterocycles. The minimum absolute atomic E-state index is 0.0458. The Kier molecular flexibility index (Phi) is 4.18. The normalized spacial score (nSPS) is 17.1. The third kappa shape index (κ3) is 2.73. The van der Waals surface area contributed by atoms with Crippen LogP contribution in [0, 0.1) is 0 Å². The summed E-state index contributed by atoms with van der Waals surface area (Å²) in [5.74, 6) is 0.782. The number of tetrazole rings is 1. The van der Waals surface area contributed by atoms with Gasteiger partial charge in [-0.15, -0.1) is 5.10 Å². The number of amides is 1. The SMILES string of the molecule is CCC(=O)NC1(c2nnnn2-c2ccccc2)CCCCC1. The van der Waals surface area contributed by atoms with Crippen molar-refractivity contribution in [1.29, 1.82) is 0 Å². The molecule has 0 bridgehead atoms. The topological polar surface area (TPSA) is 72.7 Å². The van der Waals surface area contributed by atoms with Crippen molar-refractivity contribution in [2.24, 2.45) is 0 Å². The van der Waals surface area contributed by atoms with Crippen LogP contribution >= 0.6 is 0 Å². The molecule has 22 heavy (non-hydrogen) atoms. The maximum Gasteiger partial charge on any atom is 0.220 e. The van der Waals surface area contributed by atoms with Gasteiger partial charge in [-0.05, 0) is 35.4 Å². The zero-order valence-electron chi connectivity index (χ0n) is 12.8. The molecule has 3 rings (SSSR count). The minimum atomic E-state index is -0.454. The Morgan fingerprint density at radius 3 is 2.64 bits per heavy atom. The monoisotopic (exact) mass is 299 g/mol. The lowest BCUT2D eigenvalue weighted by molar-refractivity contribution is -0.123. The second-order valence-corrected chi connectivity index (χ2v) is 5.79. The van der Waals surface area contributed by atoms with Crippen molar-refractivity contribution in [2.75, 3.05) is 0 Å². The number of hydrogen-bond donors (Lipinski definition) is 1. The number of carbonyl (C=O) groups excluding carboxylic acids is 1. The second kappa shape index (κ2) is 6.25. The predicted molar refractivity (Wildman–Crippen MR) is 82.4 cm³/mol. The molecule has 0 radical (unpaired) electrons. The van der Waals surface area contributed by atoms with E-state index in [4.69, 9.17) is 0 Å². The highest BCUT2D eigenvalue weighted by Crippen LogP contribution is 2.36. The molecule has 1 N–H and O–H groups in total. The average molecular weight is 299 g/mol. The van der Waals surface area contributed by atoms with Gasteiger partial charge in [0.1, 0.15) is 5.54 Å². The van der Waals surface area contributed by atoms with Gasteiger partial charge >= 0.3 is 0 Å². The highest BCUT2D eigenvalue weighted by atomic mass is 16.1. The van der Waals surface area contributed by atoms with Gasteiger partial charge in [0.2, 0.25) is 5.91 Å². The molecule has 1 fully saturated rings. The number of rotatable bonds is 4. The largest absolute Gasteiger partial charge is 0.343 e. The van der Waals surface area contributed by atoms with Crippen LogP contribution in [0.4, 0.5) is 0 Å². The second-order valence-electron chi connectivity index (χ2n) is 5.79. The number of aromatic nitrogens is 4. The first-order valence-electron chi connectivity index (χ1n) is 7.90.